The molecule has 7 heteroatoms. The van der Waals surface area contributed by atoms with Crippen molar-refractivity contribution in [2.45, 2.75) is 39.5 Å². The highest BCUT2D eigenvalue weighted by molar-refractivity contribution is 5.81. The molecule has 2 aliphatic rings. The van der Waals surface area contributed by atoms with E-state index in [0.717, 1.165) is 43.6 Å². The Balaban J connectivity index is 1.45. The van der Waals surface area contributed by atoms with Gasteiger partial charge in [0.2, 0.25) is 5.91 Å². The molecule has 138 valence electrons. The Hall–Kier alpha value is -2.05. The van der Waals surface area contributed by atoms with Crippen LogP contribution in [0.1, 0.15) is 36.2 Å². The Labute approximate surface area is 149 Å². The third kappa shape index (κ3) is 4.14. The van der Waals surface area contributed by atoms with E-state index in [4.69, 9.17) is 0 Å². The zero-order chi connectivity index (χ0) is 18.0. The average molecular weight is 347 g/mol. The molecule has 1 aliphatic heterocycles. The lowest BCUT2D eigenvalue weighted by Gasteiger charge is -2.22. The molecule has 3 rings (SSSR count). The molecule has 2 fully saturated rings. The van der Waals surface area contributed by atoms with Gasteiger partial charge >= 0.3 is 6.03 Å². The van der Waals surface area contributed by atoms with E-state index in [1.54, 1.807) is 0 Å². The highest BCUT2D eigenvalue weighted by Crippen LogP contribution is 2.31. The molecule has 0 unspecified atom stereocenters. The third-order valence-electron chi connectivity index (χ3n) is 5.33. The van der Waals surface area contributed by atoms with Crippen LogP contribution in [0.5, 0.6) is 0 Å². The van der Waals surface area contributed by atoms with E-state index >= 15 is 0 Å². The van der Waals surface area contributed by atoms with Crippen molar-refractivity contribution in [2.24, 2.45) is 13.0 Å². The Morgan fingerprint density at radius 2 is 1.80 bits per heavy atom. The van der Waals surface area contributed by atoms with Crippen molar-refractivity contribution < 1.29 is 9.59 Å². The van der Waals surface area contributed by atoms with Crippen molar-refractivity contribution in [2.75, 3.05) is 32.7 Å². The number of aryl methyl sites for hydroxylation is 2. The lowest BCUT2D eigenvalue weighted by atomic mass is 10.1. The summed E-state index contributed by atoms with van der Waals surface area (Å²) in [5.41, 5.74) is 3.38. The quantitative estimate of drug-likeness (QED) is 0.891. The summed E-state index contributed by atoms with van der Waals surface area (Å²) >= 11 is 0. The molecular formula is C18H29N5O2. The van der Waals surface area contributed by atoms with Crippen LogP contribution in [0, 0.1) is 19.8 Å². The van der Waals surface area contributed by atoms with Gasteiger partial charge in [-0.05, 0) is 45.1 Å². The minimum absolute atomic E-state index is 0.0279. The molecule has 1 aliphatic carbocycles. The summed E-state index contributed by atoms with van der Waals surface area (Å²) in [7, 11) is 1.94. The van der Waals surface area contributed by atoms with Gasteiger partial charge in [0.15, 0.2) is 0 Å². The second kappa shape index (κ2) is 7.45. The van der Waals surface area contributed by atoms with Crippen LogP contribution in [0.25, 0.3) is 0 Å². The molecule has 25 heavy (non-hydrogen) atoms. The number of nitrogens with zero attached hydrogens (tertiary/aromatic N) is 4. The molecule has 1 aromatic rings. The van der Waals surface area contributed by atoms with E-state index in [2.05, 4.69) is 17.3 Å². The van der Waals surface area contributed by atoms with Crippen LogP contribution >= 0.6 is 0 Å². The van der Waals surface area contributed by atoms with Gasteiger partial charge in [0.1, 0.15) is 0 Å². The van der Waals surface area contributed by atoms with Crippen molar-refractivity contribution >= 4 is 11.9 Å². The van der Waals surface area contributed by atoms with Gasteiger partial charge in [0.05, 0.1) is 5.69 Å². The molecule has 3 amide bonds. The van der Waals surface area contributed by atoms with Crippen LogP contribution in [0.15, 0.2) is 0 Å². The first-order valence-electron chi connectivity index (χ1n) is 9.28. The highest BCUT2D eigenvalue weighted by atomic mass is 16.2. The van der Waals surface area contributed by atoms with E-state index in [1.165, 1.54) is 5.56 Å². The van der Waals surface area contributed by atoms with Crippen molar-refractivity contribution in [3.63, 3.8) is 0 Å². The summed E-state index contributed by atoms with van der Waals surface area (Å²) < 4.78 is 1.88. The minimum Gasteiger partial charge on any atom is -0.341 e. The maximum atomic E-state index is 12.4. The molecular weight excluding hydrogens is 318 g/mol. The number of carbonyl (C=O) groups excluding carboxylic acids is 2. The number of aromatic nitrogens is 2. The monoisotopic (exact) mass is 347 g/mol. The molecule has 7 nitrogen and oxygen atoms in total. The van der Waals surface area contributed by atoms with Gasteiger partial charge in [-0.15, -0.1) is 0 Å². The molecule has 1 N–H and O–H groups in total. The molecule has 1 saturated heterocycles. The molecule has 1 saturated carbocycles. The lowest BCUT2D eigenvalue weighted by molar-refractivity contribution is -0.132. The predicted octanol–water partition coefficient (Wildman–Crippen LogP) is 1.23. The third-order valence-corrected chi connectivity index (χ3v) is 5.33. The summed E-state index contributed by atoms with van der Waals surface area (Å²) in [5, 5.41) is 7.43. The lowest BCUT2D eigenvalue weighted by Crippen LogP contribution is -2.43. The standard InChI is InChI=1S/C18H29N5O2/c1-13-16(14(2)21(3)20-13)7-8-19-18(25)23-10-4-9-22(11-12-23)17(24)15-5-6-15/h15H,4-12H2,1-3H3,(H,19,25). The SMILES string of the molecule is Cc1nn(C)c(C)c1CCNC(=O)N1CCCN(C(=O)C2CC2)CC1. The van der Waals surface area contributed by atoms with Crippen LogP contribution < -0.4 is 5.32 Å². The van der Waals surface area contributed by atoms with Gasteiger partial charge < -0.3 is 15.1 Å². The number of amides is 3. The maximum Gasteiger partial charge on any atom is 0.317 e. The molecule has 0 aromatic carbocycles. The van der Waals surface area contributed by atoms with E-state index < -0.39 is 0 Å². The molecule has 0 bridgehead atoms. The largest absolute Gasteiger partial charge is 0.341 e. The summed E-state index contributed by atoms with van der Waals surface area (Å²) in [4.78, 5) is 28.4. The maximum absolute atomic E-state index is 12.4. The van der Waals surface area contributed by atoms with Crippen LogP contribution in [0.3, 0.4) is 0 Å². The fourth-order valence-electron chi connectivity index (χ4n) is 3.51. The number of hydrogen-bond acceptors (Lipinski definition) is 3. The first-order chi connectivity index (χ1) is 12.0. The van der Waals surface area contributed by atoms with Crippen molar-refractivity contribution in [3.05, 3.63) is 17.0 Å². The highest BCUT2D eigenvalue weighted by Gasteiger charge is 2.34. The average Bonchev–Trinajstić information content (AvgIpc) is 3.40. The summed E-state index contributed by atoms with van der Waals surface area (Å²) in [6.07, 6.45) is 3.71. The Kier molecular flexibility index (Phi) is 5.30. The second-order valence-electron chi connectivity index (χ2n) is 7.20. The summed E-state index contributed by atoms with van der Waals surface area (Å²) in [5.74, 6) is 0.538. The smallest absolute Gasteiger partial charge is 0.317 e. The van der Waals surface area contributed by atoms with Gasteiger partial charge in [0, 0.05) is 51.4 Å². The number of hydrogen-bond donors (Lipinski definition) is 1. The number of urea groups is 1. The Morgan fingerprint density at radius 1 is 1.12 bits per heavy atom. The van der Waals surface area contributed by atoms with Crippen molar-refractivity contribution in [3.8, 4) is 0 Å². The zero-order valence-corrected chi connectivity index (χ0v) is 15.5. The first-order valence-corrected chi connectivity index (χ1v) is 9.28. The van der Waals surface area contributed by atoms with Gasteiger partial charge in [-0.2, -0.15) is 5.10 Å². The normalized spacial score (nSPS) is 18.2. The van der Waals surface area contributed by atoms with E-state index in [9.17, 15) is 9.59 Å². The molecule has 0 spiro atoms. The number of nitrogens with one attached hydrogen (secondary N) is 1. The van der Waals surface area contributed by atoms with Crippen molar-refractivity contribution in [1.29, 1.82) is 0 Å². The molecule has 2 heterocycles. The fraction of sp³-hybridized carbons (Fsp3) is 0.722. The van der Waals surface area contributed by atoms with E-state index in [1.807, 2.05) is 28.5 Å². The van der Waals surface area contributed by atoms with Gasteiger partial charge in [-0.25, -0.2) is 4.79 Å². The van der Waals surface area contributed by atoms with Crippen molar-refractivity contribution in [1.82, 2.24) is 24.9 Å². The predicted molar refractivity (Wildman–Crippen MR) is 95.3 cm³/mol. The van der Waals surface area contributed by atoms with E-state index in [-0.39, 0.29) is 17.9 Å². The molecule has 0 radical (unpaired) electrons. The fourth-order valence-corrected chi connectivity index (χ4v) is 3.51. The first kappa shape index (κ1) is 17.8. The summed E-state index contributed by atoms with van der Waals surface area (Å²) in [6.45, 7) is 7.42. The molecule has 1 aromatic heterocycles. The number of rotatable bonds is 4. The Morgan fingerprint density at radius 3 is 2.44 bits per heavy atom. The Bertz CT molecular complexity index is 650. The van der Waals surface area contributed by atoms with Gasteiger partial charge in [0.25, 0.3) is 0 Å². The van der Waals surface area contributed by atoms with E-state index in [0.29, 0.717) is 26.2 Å². The van der Waals surface area contributed by atoms with Gasteiger partial charge in [-0.3, -0.25) is 9.48 Å². The van der Waals surface area contributed by atoms with Crippen LogP contribution in [0.4, 0.5) is 4.79 Å². The zero-order valence-electron chi connectivity index (χ0n) is 15.5. The summed E-state index contributed by atoms with van der Waals surface area (Å²) in [6, 6.07) is -0.0279. The second-order valence-corrected chi connectivity index (χ2v) is 7.20. The number of carbonyl (C=O) groups is 2. The minimum atomic E-state index is -0.0279. The topological polar surface area (TPSA) is 70.5 Å². The van der Waals surface area contributed by atoms with Crippen LogP contribution in [0.2, 0.25) is 0 Å². The van der Waals surface area contributed by atoms with Crippen LogP contribution in [-0.2, 0) is 18.3 Å². The molecule has 0 atom stereocenters. The van der Waals surface area contributed by atoms with Gasteiger partial charge in [-0.1, -0.05) is 0 Å². The van der Waals surface area contributed by atoms with Crippen LogP contribution in [-0.4, -0.2) is 64.2 Å².